The smallest absolute Gasteiger partial charge is 0.276 e. The molecule has 3 N–H and O–H groups in total. The molecule has 0 bridgehead atoms. The summed E-state index contributed by atoms with van der Waals surface area (Å²) < 4.78 is 5.34. The van der Waals surface area contributed by atoms with Gasteiger partial charge < -0.3 is 15.0 Å². The first kappa shape index (κ1) is 21.1. The number of rotatable bonds is 6. The SMILES string of the molecule is COc1ccccc1CNC(=O)c1cccc2[nH]c(NC(=O)c3cc4ccccc4cn3)nc12. The highest BCUT2D eigenvalue weighted by molar-refractivity contribution is 6.07. The average molecular weight is 451 g/mol. The number of aromatic amines is 1. The highest BCUT2D eigenvalue weighted by Gasteiger charge is 2.16. The van der Waals surface area contributed by atoms with Crippen LogP contribution < -0.4 is 15.4 Å². The van der Waals surface area contributed by atoms with Crippen molar-refractivity contribution in [2.45, 2.75) is 6.54 Å². The number of ether oxygens (including phenoxy) is 1. The molecule has 2 aromatic heterocycles. The highest BCUT2D eigenvalue weighted by atomic mass is 16.5. The molecule has 0 unspecified atom stereocenters. The van der Waals surface area contributed by atoms with Gasteiger partial charge in [-0.15, -0.1) is 0 Å². The van der Waals surface area contributed by atoms with Gasteiger partial charge in [0, 0.05) is 23.7 Å². The van der Waals surface area contributed by atoms with Crippen molar-refractivity contribution < 1.29 is 14.3 Å². The van der Waals surface area contributed by atoms with Crippen molar-refractivity contribution in [3.63, 3.8) is 0 Å². The third-order valence-electron chi connectivity index (χ3n) is 5.48. The number of benzene rings is 3. The van der Waals surface area contributed by atoms with Crippen LogP contribution in [0.25, 0.3) is 21.8 Å². The zero-order chi connectivity index (χ0) is 23.5. The van der Waals surface area contributed by atoms with Crippen molar-refractivity contribution in [3.05, 3.63) is 95.8 Å². The van der Waals surface area contributed by atoms with Crippen LogP contribution in [-0.2, 0) is 6.54 Å². The fraction of sp³-hybridized carbons (Fsp3) is 0.0769. The predicted molar refractivity (Wildman–Crippen MR) is 130 cm³/mol. The molecular weight excluding hydrogens is 430 g/mol. The maximum absolute atomic E-state index is 12.9. The lowest BCUT2D eigenvalue weighted by Gasteiger charge is -2.09. The van der Waals surface area contributed by atoms with Crippen LogP contribution in [0.3, 0.4) is 0 Å². The number of nitrogens with zero attached hydrogens (tertiary/aromatic N) is 2. The van der Waals surface area contributed by atoms with Gasteiger partial charge in [0.15, 0.2) is 0 Å². The number of anilines is 1. The van der Waals surface area contributed by atoms with Crippen LogP contribution >= 0.6 is 0 Å². The van der Waals surface area contributed by atoms with Crippen LogP contribution in [0.5, 0.6) is 5.75 Å². The summed E-state index contributed by atoms with van der Waals surface area (Å²) in [5.41, 5.74) is 2.62. The maximum Gasteiger partial charge on any atom is 0.276 e. The topological polar surface area (TPSA) is 109 Å². The molecule has 0 aliphatic rings. The van der Waals surface area contributed by atoms with Crippen molar-refractivity contribution in [3.8, 4) is 5.75 Å². The number of amides is 2. The summed E-state index contributed by atoms with van der Waals surface area (Å²) in [4.78, 5) is 37.4. The van der Waals surface area contributed by atoms with E-state index in [9.17, 15) is 9.59 Å². The average Bonchev–Trinajstić information content (AvgIpc) is 3.29. The molecule has 168 valence electrons. The number of carbonyl (C=O) groups is 2. The van der Waals surface area contributed by atoms with Crippen LogP contribution in [0.2, 0.25) is 0 Å². The maximum atomic E-state index is 12.9. The van der Waals surface area contributed by atoms with E-state index in [4.69, 9.17) is 4.74 Å². The van der Waals surface area contributed by atoms with Gasteiger partial charge in [-0.1, -0.05) is 48.5 Å². The lowest BCUT2D eigenvalue weighted by atomic mass is 10.1. The van der Waals surface area contributed by atoms with E-state index < -0.39 is 5.91 Å². The number of methoxy groups -OCH3 is 1. The standard InChI is InChI=1S/C26H21N5O3/c1-34-22-12-5-4-9-18(22)15-28-24(32)19-10-6-11-20-23(19)30-26(29-20)31-25(33)21-13-16-7-2-3-8-17(16)14-27-21/h2-14H,15H2,1H3,(H,28,32)(H2,29,30,31,33). The monoisotopic (exact) mass is 451 g/mol. The summed E-state index contributed by atoms with van der Waals surface area (Å²) in [5.74, 6) is 0.261. The van der Waals surface area contributed by atoms with Gasteiger partial charge in [0.2, 0.25) is 5.95 Å². The van der Waals surface area contributed by atoms with E-state index in [0.29, 0.717) is 28.9 Å². The van der Waals surface area contributed by atoms with E-state index in [2.05, 4.69) is 25.6 Å². The molecule has 0 saturated heterocycles. The summed E-state index contributed by atoms with van der Waals surface area (Å²) in [5, 5.41) is 7.51. The molecule has 8 heteroatoms. The number of fused-ring (bicyclic) bond motifs is 2. The van der Waals surface area contributed by atoms with Gasteiger partial charge in [-0.05, 0) is 29.7 Å². The Balaban J connectivity index is 1.35. The molecule has 0 saturated carbocycles. The molecule has 0 aliphatic heterocycles. The van der Waals surface area contributed by atoms with Crippen LogP contribution in [-0.4, -0.2) is 33.9 Å². The minimum Gasteiger partial charge on any atom is -0.496 e. The lowest BCUT2D eigenvalue weighted by Crippen LogP contribution is -2.23. The number of nitrogens with one attached hydrogen (secondary N) is 3. The number of hydrogen-bond donors (Lipinski definition) is 3. The molecule has 0 fully saturated rings. The van der Waals surface area contributed by atoms with Crippen molar-refractivity contribution in [1.29, 1.82) is 0 Å². The number of hydrogen-bond acceptors (Lipinski definition) is 5. The first-order valence-electron chi connectivity index (χ1n) is 10.7. The minimum absolute atomic E-state index is 0.236. The summed E-state index contributed by atoms with van der Waals surface area (Å²) in [6, 6.07) is 22.1. The zero-order valence-electron chi connectivity index (χ0n) is 18.3. The third-order valence-corrected chi connectivity index (χ3v) is 5.48. The number of H-pyrrole nitrogens is 1. The number of pyridine rings is 1. The summed E-state index contributed by atoms with van der Waals surface area (Å²) in [6.45, 7) is 0.306. The Morgan fingerprint density at radius 1 is 0.941 bits per heavy atom. The summed E-state index contributed by atoms with van der Waals surface area (Å²) >= 11 is 0. The molecule has 3 aromatic carbocycles. The Hall–Kier alpha value is -4.72. The van der Waals surface area contributed by atoms with Crippen molar-refractivity contribution in [1.82, 2.24) is 20.3 Å². The zero-order valence-corrected chi connectivity index (χ0v) is 18.3. The Bertz CT molecular complexity index is 1530. The normalized spacial score (nSPS) is 10.9. The fourth-order valence-corrected chi connectivity index (χ4v) is 3.77. The van der Waals surface area contributed by atoms with E-state index in [1.807, 2.05) is 48.5 Å². The Kier molecular flexibility index (Phi) is 5.61. The van der Waals surface area contributed by atoms with E-state index in [0.717, 1.165) is 16.3 Å². The lowest BCUT2D eigenvalue weighted by molar-refractivity contribution is 0.0951. The summed E-state index contributed by atoms with van der Waals surface area (Å²) in [6.07, 6.45) is 1.66. The van der Waals surface area contributed by atoms with Gasteiger partial charge in [-0.2, -0.15) is 0 Å². The van der Waals surface area contributed by atoms with Crippen molar-refractivity contribution >= 4 is 39.6 Å². The predicted octanol–water partition coefficient (Wildman–Crippen LogP) is 4.30. The van der Waals surface area contributed by atoms with Gasteiger partial charge in [-0.3, -0.25) is 19.9 Å². The second-order valence-electron chi connectivity index (χ2n) is 7.65. The minimum atomic E-state index is -0.396. The van der Waals surface area contributed by atoms with E-state index in [-0.39, 0.29) is 17.5 Å². The molecule has 5 aromatic rings. The first-order valence-corrected chi connectivity index (χ1v) is 10.7. The van der Waals surface area contributed by atoms with Gasteiger partial charge in [-0.25, -0.2) is 4.98 Å². The van der Waals surface area contributed by atoms with E-state index in [1.54, 1.807) is 37.6 Å². The fourth-order valence-electron chi connectivity index (χ4n) is 3.77. The molecular formula is C26H21N5O3. The van der Waals surface area contributed by atoms with E-state index in [1.165, 1.54) is 0 Å². The largest absolute Gasteiger partial charge is 0.496 e. The number of aromatic nitrogens is 3. The number of imidazole rings is 1. The van der Waals surface area contributed by atoms with E-state index >= 15 is 0 Å². The van der Waals surface area contributed by atoms with Gasteiger partial charge in [0.1, 0.15) is 17.0 Å². The molecule has 0 aliphatic carbocycles. The molecule has 34 heavy (non-hydrogen) atoms. The molecule has 0 spiro atoms. The Morgan fingerprint density at radius 3 is 2.59 bits per heavy atom. The van der Waals surface area contributed by atoms with Crippen molar-refractivity contribution in [2.75, 3.05) is 12.4 Å². The molecule has 2 heterocycles. The van der Waals surface area contributed by atoms with Crippen LogP contribution in [0.15, 0.2) is 79.0 Å². The molecule has 0 radical (unpaired) electrons. The highest BCUT2D eigenvalue weighted by Crippen LogP contribution is 2.21. The van der Waals surface area contributed by atoms with Gasteiger partial charge >= 0.3 is 0 Å². The second-order valence-corrected chi connectivity index (χ2v) is 7.65. The number of carbonyl (C=O) groups excluding carboxylic acids is 2. The first-order chi connectivity index (χ1) is 16.6. The Labute approximate surface area is 195 Å². The quantitative estimate of drug-likeness (QED) is 0.357. The molecule has 5 rings (SSSR count). The summed E-state index contributed by atoms with van der Waals surface area (Å²) in [7, 11) is 1.59. The Morgan fingerprint density at radius 2 is 1.74 bits per heavy atom. The van der Waals surface area contributed by atoms with Gasteiger partial charge in [0.05, 0.1) is 18.2 Å². The van der Waals surface area contributed by atoms with Gasteiger partial charge in [0.25, 0.3) is 11.8 Å². The third kappa shape index (κ3) is 4.16. The molecule has 0 atom stereocenters. The van der Waals surface area contributed by atoms with Crippen LogP contribution in [0.4, 0.5) is 5.95 Å². The van der Waals surface area contributed by atoms with Crippen LogP contribution in [0.1, 0.15) is 26.4 Å². The van der Waals surface area contributed by atoms with Crippen molar-refractivity contribution in [2.24, 2.45) is 0 Å². The molecule has 2 amide bonds. The van der Waals surface area contributed by atoms with Crippen LogP contribution in [0, 0.1) is 0 Å². The second kappa shape index (κ2) is 9.03. The molecule has 8 nitrogen and oxygen atoms in total. The number of para-hydroxylation sites is 2.